The van der Waals surface area contributed by atoms with E-state index in [9.17, 15) is 0 Å². The molecular formula is C132H98BClN6O2. The van der Waals surface area contributed by atoms with Gasteiger partial charge in [0, 0.05) is 27.8 Å². The number of rotatable bonds is 20. The molecule has 0 aliphatic carbocycles. The van der Waals surface area contributed by atoms with Gasteiger partial charge in [0.2, 0.25) is 5.28 Å². The van der Waals surface area contributed by atoms with Gasteiger partial charge in [0.1, 0.15) is 0 Å². The molecule has 23 rings (SSSR count). The summed E-state index contributed by atoms with van der Waals surface area (Å²) < 4.78 is 13.0. The topological polar surface area (TPSA) is 95.8 Å². The van der Waals surface area contributed by atoms with Gasteiger partial charge < -0.3 is 9.31 Å². The highest BCUT2D eigenvalue weighted by Crippen LogP contribution is 2.54. The Hall–Kier alpha value is -17.3. The monoisotopic (exact) mass is 1840 g/mol. The van der Waals surface area contributed by atoms with Crippen molar-refractivity contribution in [1.29, 1.82) is 0 Å². The van der Waals surface area contributed by atoms with Gasteiger partial charge in [-0.05, 0) is 219 Å². The van der Waals surface area contributed by atoms with Crippen molar-refractivity contribution in [3.8, 4) is 213 Å². The van der Waals surface area contributed by atoms with Gasteiger partial charge in [0.05, 0.1) is 11.2 Å². The van der Waals surface area contributed by atoms with Crippen LogP contribution in [0.1, 0.15) is 27.7 Å². The first-order chi connectivity index (χ1) is 69.8. The number of hydrogen-bond donors (Lipinski definition) is 0. The van der Waals surface area contributed by atoms with Crippen LogP contribution in [0.25, 0.3) is 213 Å². The second-order valence-electron chi connectivity index (χ2n) is 36.2. The standard InChI is InChI=1S/C63H43N3.C42H37BO2.C27H18ClN3/c1-7-20-44(21-8-1)46-34-38-52(39-35-46)61-64-62(53-40-36-47(37-41-53)45-22-9-2-10-23-45)66-63(65-61)55-33-19-32-54(42-55)57-43-56(48-24-11-3-12-25-48)58(49-26-13-4-14-27-49)60(51-30-17-6-18-31-51)59(57)50-28-15-5-16-29-50;1-41(2)42(3,4)45-43(44-41)35-27-17-26-34(28-35)37-29-36(30-18-9-5-10-19-30)38(31-20-11-6-12-21-31)40(33-24-15-8-16-25-33)39(37)32-22-13-7-14-23-32;28-27-30-25(23-15-11-21(12-16-23)19-7-3-1-4-8-19)29-26(31-27)24-17-13-22(14-18-24)20-9-5-2-6-10-20/h1-43H;5-29H,1-4H3;1-18H. The molecule has 2 aromatic heterocycles. The smallest absolute Gasteiger partial charge is 0.399 e. The SMILES string of the molecule is CC1(C)OB(c2cccc(-c3cc(-c4ccccc4)c(-c4ccccc4)c(-c4ccccc4)c3-c3ccccc3)c2)OC1(C)C.Clc1nc(-c2ccc(-c3ccccc3)cc2)nc(-c2ccc(-c3ccccc3)cc2)n1.c1ccc(-c2ccc(-c3nc(-c4ccc(-c5ccccc5)cc4)nc(-c4cccc(-c5cc(-c6ccccc6)c(-c6ccccc6)c(-c6ccccc6)c5-c5ccccc5)c4)n3)cc2)cc1. The van der Waals surface area contributed by atoms with Gasteiger partial charge in [-0.3, -0.25) is 0 Å². The maximum absolute atomic E-state index is 6.50. The molecule has 3 heterocycles. The highest BCUT2D eigenvalue weighted by molar-refractivity contribution is 6.62. The molecule has 20 aromatic carbocycles. The summed E-state index contributed by atoms with van der Waals surface area (Å²) in [6.45, 7) is 8.41. The summed E-state index contributed by atoms with van der Waals surface area (Å²) in [5.74, 6) is 2.94. The van der Waals surface area contributed by atoms with Crippen LogP contribution in [0.4, 0.5) is 0 Å². The van der Waals surface area contributed by atoms with Crippen molar-refractivity contribution in [3.05, 3.63) is 527 Å². The number of halogens is 1. The normalized spacial score (nSPS) is 12.3. The molecule has 0 bridgehead atoms. The second-order valence-corrected chi connectivity index (χ2v) is 36.6. The van der Waals surface area contributed by atoms with E-state index in [0.29, 0.717) is 29.1 Å². The molecule has 678 valence electrons. The van der Waals surface area contributed by atoms with E-state index < -0.39 is 18.3 Å². The molecule has 1 saturated heterocycles. The van der Waals surface area contributed by atoms with Crippen LogP contribution in [-0.4, -0.2) is 48.2 Å². The largest absolute Gasteiger partial charge is 0.494 e. The molecule has 0 amide bonds. The lowest BCUT2D eigenvalue weighted by atomic mass is 9.75. The van der Waals surface area contributed by atoms with Crippen LogP contribution < -0.4 is 5.46 Å². The lowest BCUT2D eigenvalue weighted by molar-refractivity contribution is 0.00578. The van der Waals surface area contributed by atoms with E-state index in [-0.39, 0.29) is 5.28 Å². The van der Waals surface area contributed by atoms with E-state index in [4.69, 9.17) is 35.9 Å². The minimum absolute atomic E-state index is 0.180. The van der Waals surface area contributed by atoms with Gasteiger partial charge in [-0.2, -0.15) is 9.97 Å². The molecular weight excluding hydrogens is 1750 g/mol. The summed E-state index contributed by atoms with van der Waals surface area (Å²) in [5.41, 5.74) is 37.2. The number of hydrogen-bond acceptors (Lipinski definition) is 8. The molecule has 22 aromatic rings. The Morgan fingerprint density at radius 3 is 0.613 bits per heavy atom. The Morgan fingerprint density at radius 2 is 0.345 bits per heavy atom. The maximum Gasteiger partial charge on any atom is 0.494 e. The molecule has 8 nitrogen and oxygen atoms in total. The molecule has 0 N–H and O–H groups in total. The van der Waals surface area contributed by atoms with Crippen LogP contribution in [0.3, 0.4) is 0 Å². The van der Waals surface area contributed by atoms with Crippen molar-refractivity contribution in [1.82, 2.24) is 29.9 Å². The molecule has 1 fully saturated rings. The fourth-order valence-electron chi connectivity index (χ4n) is 18.7. The van der Waals surface area contributed by atoms with Gasteiger partial charge >= 0.3 is 7.12 Å². The van der Waals surface area contributed by atoms with Gasteiger partial charge in [-0.25, -0.2) is 19.9 Å². The Balaban J connectivity index is 0.000000136. The molecule has 0 atom stereocenters. The average molecular weight is 1850 g/mol. The van der Waals surface area contributed by atoms with Gasteiger partial charge in [-0.15, -0.1) is 0 Å². The minimum Gasteiger partial charge on any atom is -0.399 e. The molecule has 1 aliphatic rings. The summed E-state index contributed by atoms with van der Waals surface area (Å²) in [6, 6.07) is 183. The first-order valence-corrected chi connectivity index (χ1v) is 48.4. The summed E-state index contributed by atoms with van der Waals surface area (Å²) in [6.07, 6.45) is 0. The zero-order valence-electron chi connectivity index (χ0n) is 79.1. The Bertz CT molecular complexity index is 7880. The lowest BCUT2D eigenvalue weighted by Crippen LogP contribution is -2.41. The molecule has 0 saturated carbocycles. The van der Waals surface area contributed by atoms with Gasteiger partial charge in [0.15, 0.2) is 29.1 Å². The van der Waals surface area contributed by atoms with Crippen LogP contribution in [-0.2, 0) is 9.31 Å². The second kappa shape index (κ2) is 41.6. The van der Waals surface area contributed by atoms with Crippen molar-refractivity contribution in [2.45, 2.75) is 38.9 Å². The van der Waals surface area contributed by atoms with Crippen LogP contribution in [0.2, 0.25) is 5.28 Å². The van der Waals surface area contributed by atoms with Crippen molar-refractivity contribution in [3.63, 3.8) is 0 Å². The summed E-state index contributed by atoms with van der Waals surface area (Å²) in [5, 5.41) is 0.180. The van der Waals surface area contributed by atoms with Crippen LogP contribution in [0, 0.1) is 0 Å². The first kappa shape index (κ1) is 91.1. The summed E-state index contributed by atoms with van der Waals surface area (Å²) in [7, 11) is -0.444. The van der Waals surface area contributed by atoms with E-state index in [1.165, 1.54) is 66.8 Å². The van der Waals surface area contributed by atoms with Gasteiger partial charge in [-0.1, -0.05) is 504 Å². The van der Waals surface area contributed by atoms with Crippen LogP contribution in [0.15, 0.2) is 522 Å². The molecule has 10 heteroatoms. The molecule has 142 heavy (non-hydrogen) atoms. The predicted octanol–water partition coefficient (Wildman–Crippen LogP) is 34.1. The fraction of sp³-hybridized carbons (Fsp3) is 0.0455. The minimum atomic E-state index is -0.444. The zero-order valence-corrected chi connectivity index (χ0v) is 79.9. The van der Waals surface area contributed by atoms with Crippen molar-refractivity contribution in [2.75, 3.05) is 0 Å². The first-order valence-electron chi connectivity index (χ1n) is 48.1. The number of nitrogens with zero attached hydrogens (tertiary/aromatic N) is 6. The van der Waals surface area contributed by atoms with E-state index in [2.05, 4.69) is 492 Å². The Labute approximate surface area is 836 Å². The lowest BCUT2D eigenvalue weighted by Gasteiger charge is -2.32. The predicted molar refractivity (Wildman–Crippen MR) is 590 cm³/mol. The third-order valence-corrected chi connectivity index (χ3v) is 26.8. The van der Waals surface area contributed by atoms with Crippen molar-refractivity contribution >= 4 is 24.2 Å². The van der Waals surface area contributed by atoms with Crippen LogP contribution >= 0.6 is 11.6 Å². The highest BCUT2D eigenvalue weighted by Gasteiger charge is 2.52. The third kappa shape index (κ3) is 20.0. The maximum atomic E-state index is 6.50. The Morgan fingerprint density at radius 1 is 0.162 bits per heavy atom. The molecule has 1 aliphatic heterocycles. The Kier molecular flexibility index (Phi) is 26.7. The van der Waals surface area contributed by atoms with E-state index in [1.807, 2.05) is 72.8 Å². The van der Waals surface area contributed by atoms with E-state index in [0.717, 1.165) is 122 Å². The molecule has 0 radical (unpaired) electrons. The van der Waals surface area contributed by atoms with E-state index in [1.54, 1.807) is 0 Å². The third-order valence-electron chi connectivity index (χ3n) is 26.6. The van der Waals surface area contributed by atoms with Crippen molar-refractivity contribution < 1.29 is 9.31 Å². The van der Waals surface area contributed by atoms with Gasteiger partial charge in [0.25, 0.3) is 0 Å². The molecule has 0 unspecified atom stereocenters. The fourth-order valence-corrected chi connectivity index (χ4v) is 18.9. The number of aromatic nitrogens is 6. The average Bonchev–Trinajstić information content (AvgIpc) is 1.18. The zero-order chi connectivity index (χ0) is 96.1. The van der Waals surface area contributed by atoms with E-state index >= 15 is 0 Å². The summed E-state index contributed by atoms with van der Waals surface area (Å²) >= 11 is 6.24. The highest BCUT2D eigenvalue weighted by atomic mass is 35.5. The van der Waals surface area contributed by atoms with Crippen LogP contribution in [0.5, 0.6) is 0 Å². The molecule has 0 spiro atoms. The van der Waals surface area contributed by atoms with Crippen molar-refractivity contribution in [2.24, 2.45) is 0 Å². The quantitative estimate of drug-likeness (QED) is 0.0697. The summed E-state index contributed by atoms with van der Waals surface area (Å²) in [4.78, 5) is 29.0. The number of benzene rings is 20.